The first-order chi connectivity index (χ1) is 10.1. The SMILES string of the molecule is O=C([O-])c1cc(=O)c2cc(Cc3ccccc3)ccc2o1.[Na+]. The van der Waals surface area contributed by atoms with Crippen molar-refractivity contribution in [3.63, 3.8) is 0 Å². The minimum atomic E-state index is -1.50. The Labute approximate surface area is 148 Å². The molecule has 0 fully saturated rings. The largest absolute Gasteiger partial charge is 1.00 e. The van der Waals surface area contributed by atoms with E-state index in [2.05, 4.69) is 0 Å². The average molecular weight is 302 g/mol. The van der Waals surface area contributed by atoms with Gasteiger partial charge in [-0.1, -0.05) is 36.4 Å². The van der Waals surface area contributed by atoms with Gasteiger partial charge in [0.1, 0.15) is 11.6 Å². The summed E-state index contributed by atoms with van der Waals surface area (Å²) in [6, 6.07) is 16.0. The zero-order chi connectivity index (χ0) is 14.8. The molecule has 0 spiro atoms. The Morgan fingerprint density at radius 3 is 2.41 bits per heavy atom. The van der Waals surface area contributed by atoms with Crippen LogP contribution in [0, 0.1) is 0 Å². The molecule has 1 aromatic heterocycles. The minimum absolute atomic E-state index is 0. The molecule has 1 heterocycles. The van der Waals surface area contributed by atoms with Crippen molar-refractivity contribution in [1.29, 1.82) is 0 Å². The summed E-state index contributed by atoms with van der Waals surface area (Å²) in [4.78, 5) is 22.7. The molecule has 0 saturated carbocycles. The quantitative estimate of drug-likeness (QED) is 0.567. The fourth-order valence-electron chi connectivity index (χ4n) is 2.25. The van der Waals surface area contributed by atoms with Gasteiger partial charge in [-0.3, -0.25) is 4.79 Å². The summed E-state index contributed by atoms with van der Waals surface area (Å²) in [6.07, 6.45) is 0.693. The molecule has 0 radical (unpaired) electrons. The summed E-state index contributed by atoms with van der Waals surface area (Å²) in [7, 11) is 0. The number of fused-ring (bicyclic) bond motifs is 1. The second kappa shape index (κ2) is 6.92. The fraction of sp³-hybridized carbons (Fsp3) is 0.0588. The second-order valence-electron chi connectivity index (χ2n) is 4.76. The van der Waals surface area contributed by atoms with E-state index in [9.17, 15) is 14.7 Å². The van der Waals surface area contributed by atoms with E-state index in [-0.39, 0.29) is 40.6 Å². The molecule has 22 heavy (non-hydrogen) atoms. The third kappa shape index (κ3) is 3.47. The maximum absolute atomic E-state index is 12.0. The molecule has 0 bridgehead atoms. The number of hydrogen-bond donors (Lipinski definition) is 0. The predicted molar refractivity (Wildman–Crippen MR) is 76.1 cm³/mol. The number of carbonyl (C=O) groups excluding carboxylic acids is 1. The maximum Gasteiger partial charge on any atom is 1.00 e. The van der Waals surface area contributed by atoms with E-state index >= 15 is 0 Å². The number of rotatable bonds is 3. The number of carboxylic acids is 1. The van der Waals surface area contributed by atoms with E-state index in [1.165, 1.54) is 0 Å². The molecule has 4 nitrogen and oxygen atoms in total. The summed E-state index contributed by atoms with van der Waals surface area (Å²) < 4.78 is 5.15. The van der Waals surface area contributed by atoms with Crippen LogP contribution in [0.4, 0.5) is 0 Å². The molecule has 0 aliphatic carbocycles. The maximum atomic E-state index is 12.0. The van der Waals surface area contributed by atoms with E-state index in [0.29, 0.717) is 11.8 Å². The standard InChI is InChI=1S/C17H12O4.Na/c18-14-10-16(17(19)20)21-15-7-6-12(9-13(14)15)8-11-4-2-1-3-5-11;/h1-7,9-10H,8H2,(H,19,20);/q;+1/p-1. The van der Waals surface area contributed by atoms with Crippen molar-refractivity contribution in [2.24, 2.45) is 0 Å². The molecular formula is C17H11NaO4. The van der Waals surface area contributed by atoms with Crippen LogP contribution in [0.1, 0.15) is 21.7 Å². The van der Waals surface area contributed by atoms with Crippen LogP contribution in [0.3, 0.4) is 0 Å². The van der Waals surface area contributed by atoms with Gasteiger partial charge in [0.15, 0.2) is 11.2 Å². The van der Waals surface area contributed by atoms with Gasteiger partial charge in [-0.2, -0.15) is 0 Å². The summed E-state index contributed by atoms with van der Waals surface area (Å²) >= 11 is 0. The Balaban J connectivity index is 0.00000176. The smallest absolute Gasteiger partial charge is 0.542 e. The first-order valence-electron chi connectivity index (χ1n) is 6.45. The Morgan fingerprint density at radius 2 is 1.73 bits per heavy atom. The van der Waals surface area contributed by atoms with Crippen molar-refractivity contribution in [3.05, 3.63) is 81.7 Å². The zero-order valence-corrected chi connectivity index (χ0v) is 14.0. The van der Waals surface area contributed by atoms with Crippen LogP contribution < -0.4 is 40.1 Å². The van der Waals surface area contributed by atoms with Gasteiger partial charge in [-0.25, -0.2) is 0 Å². The monoisotopic (exact) mass is 302 g/mol. The number of aromatic carboxylic acids is 1. The molecule has 0 atom stereocenters. The van der Waals surface area contributed by atoms with Crippen LogP contribution in [0.15, 0.2) is 63.8 Å². The molecule has 0 aliphatic heterocycles. The summed E-state index contributed by atoms with van der Waals surface area (Å²) in [5, 5.41) is 11.1. The molecule has 5 heteroatoms. The molecule has 3 rings (SSSR count). The van der Waals surface area contributed by atoms with Crippen molar-refractivity contribution in [2.45, 2.75) is 6.42 Å². The predicted octanol–water partition coefficient (Wildman–Crippen LogP) is -1.25. The van der Waals surface area contributed by atoms with E-state index in [4.69, 9.17) is 4.42 Å². The van der Waals surface area contributed by atoms with Crippen molar-refractivity contribution < 1.29 is 43.9 Å². The summed E-state index contributed by atoms with van der Waals surface area (Å²) in [5.41, 5.74) is 1.96. The molecule has 0 unspecified atom stereocenters. The molecule has 0 N–H and O–H groups in total. The van der Waals surface area contributed by atoms with E-state index < -0.39 is 11.7 Å². The van der Waals surface area contributed by atoms with Gasteiger partial charge >= 0.3 is 29.6 Å². The van der Waals surface area contributed by atoms with E-state index in [1.54, 1.807) is 12.1 Å². The van der Waals surface area contributed by atoms with Gasteiger partial charge < -0.3 is 14.3 Å². The number of hydrogen-bond acceptors (Lipinski definition) is 4. The molecule has 0 amide bonds. The van der Waals surface area contributed by atoms with Crippen LogP contribution in [0.2, 0.25) is 0 Å². The Kier molecular flexibility index (Phi) is 5.19. The second-order valence-corrected chi connectivity index (χ2v) is 4.76. The van der Waals surface area contributed by atoms with Crippen LogP contribution >= 0.6 is 0 Å². The first-order valence-corrected chi connectivity index (χ1v) is 6.45. The fourth-order valence-corrected chi connectivity index (χ4v) is 2.25. The summed E-state index contributed by atoms with van der Waals surface area (Å²) in [6.45, 7) is 0. The Bertz CT molecular complexity index is 869. The molecule has 0 aliphatic rings. The minimum Gasteiger partial charge on any atom is -0.542 e. The Hall–Kier alpha value is -1.88. The van der Waals surface area contributed by atoms with Gasteiger partial charge in [0, 0.05) is 6.07 Å². The van der Waals surface area contributed by atoms with Gasteiger partial charge in [-0.15, -0.1) is 0 Å². The topological polar surface area (TPSA) is 70.3 Å². The molecule has 104 valence electrons. The number of carboxylic acid groups (broad SMARTS) is 1. The van der Waals surface area contributed by atoms with Crippen molar-refractivity contribution in [3.8, 4) is 0 Å². The van der Waals surface area contributed by atoms with Crippen LogP contribution in [-0.2, 0) is 6.42 Å². The first kappa shape index (κ1) is 16.5. The average Bonchev–Trinajstić information content (AvgIpc) is 2.48. The van der Waals surface area contributed by atoms with Gasteiger partial charge in [0.05, 0.1) is 5.39 Å². The molecule has 3 aromatic rings. The third-order valence-electron chi connectivity index (χ3n) is 3.24. The molecule has 0 saturated heterocycles. The molecule has 2 aromatic carbocycles. The molecular weight excluding hydrogens is 291 g/mol. The van der Waals surface area contributed by atoms with Crippen molar-refractivity contribution in [2.75, 3.05) is 0 Å². The van der Waals surface area contributed by atoms with E-state index in [1.807, 2.05) is 36.4 Å². The zero-order valence-electron chi connectivity index (χ0n) is 12.0. The van der Waals surface area contributed by atoms with Crippen LogP contribution in [-0.4, -0.2) is 5.97 Å². The number of benzene rings is 2. The number of carbonyl (C=O) groups is 1. The van der Waals surface area contributed by atoms with Crippen LogP contribution in [0.5, 0.6) is 0 Å². The summed E-state index contributed by atoms with van der Waals surface area (Å²) in [5.74, 6) is -1.95. The van der Waals surface area contributed by atoms with Crippen molar-refractivity contribution >= 4 is 16.9 Å². The van der Waals surface area contributed by atoms with Gasteiger partial charge in [0.2, 0.25) is 0 Å². The normalized spacial score (nSPS) is 10.2. The van der Waals surface area contributed by atoms with Crippen LogP contribution in [0.25, 0.3) is 11.0 Å². The Morgan fingerprint density at radius 1 is 1.00 bits per heavy atom. The van der Waals surface area contributed by atoms with E-state index in [0.717, 1.165) is 17.2 Å². The van der Waals surface area contributed by atoms with Gasteiger partial charge in [-0.05, 0) is 29.7 Å². The van der Waals surface area contributed by atoms with Crippen molar-refractivity contribution in [1.82, 2.24) is 0 Å². The van der Waals surface area contributed by atoms with Gasteiger partial charge in [0.25, 0.3) is 0 Å². The third-order valence-corrected chi connectivity index (χ3v) is 3.24.